The quantitative estimate of drug-likeness (QED) is 0.586. The van der Waals surface area contributed by atoms with Crippen LogP contribution in [0.15, 0.2) is 28.8 Å². The maximum Gasteiger partial charge on any atom is 0.282 e. The minimum Gasteiger partial charge on any atom is -0.497 e. The average molecular weight is 417 g/mol. The van der Waals surface area contributed by atoms with Crippen molar-refractivity contribution in [1.82, 2.24) is 15.0 Å². The Morgan fingerprint density at radius 1 is 1.31 bits per heavy atom. The van der Waals surface area contributed by atoms with Crippen molar-refractivity contribution < 1.29 is 18.8 Å². The van der Waals surface area contributed by atoms with Gasteiger partial charge in [-0.25, -0.2) is 4.98 Å². The van der Waals surface area contributed by atoms with Crippen LogP contribution in [-0.4, -0.2) is 67.5 Å². The second-order valence-corrected chi connectivity index (χ2v) is 7.93. The van der Waals surface area contributed by atoms with Crippen LogP contribution >= 0.6 is 11.3 Å². The summed E-state index contributed by atoms with van der Waals surface area (Å²) in [5.41, 5.74) is 1.14. The van der Waals surface area contributed by atoms with Crippen LogP contribution in [0.2, 0.25) is 0 Å². The van der Waals surface area contributed by atoms with Crippen LogP contribution in [0.5, 0.6) is 5.75 Å². The summed E-state index contributed by atoms with van der Waals surface area (Å²) in [4.78, 5) is 21.9. The van der Waals surface area contributed by atoms with Crippen molar-refractivity contribution >= 4 is 32.6 Å². The van der Waals surface area contributed by atoms with Crippen molar-refractivity contribution in [1.29, 1.82) is 0 Å². The number of hydrogen-bond donors (Lipinski definition) is 0. The number of anilines is 1. The number of thiazole rings is 1. The molecule has 0 aliphatic carbocycles. The van der Waals surface area contributed by atoms with Crippen molar-refractivity contribution in [2.24, 2.45) is 0 Å². The normalized spacial score (nSPS) is 15.0. The molecular weight excluding hydrogens is 392 g/mol. The van der Waals surface area contributed by atoms with Crippen LogP contribution in [0.1, 0.15) is 22.7 Å². The van der Waals surface area contributed by atoms with Crippen LogP contribution in [0.4, 0.5) is 5.13 Å². The number of nitrogens with zero attached hydrogens (tertiary/aromatic N) is 4. The van der Waals surface area contributed by atoms with Gasteiger partial charge in [-0.1, -0.05) is 16.5 Å². The Morgan fingerprint density at radius 3 is 2.86 bits per heavy atom. The van der Waals surface area contributed by atoms with E-state index in [1.54, 1.807) is 25.0 Å². The minimum absolute atomic E-state index is 0.199. The van der Waals surface area contributed by atoms with Gasteiger partial charge in [0.05, 0.1) is 30.5 Å². The fourth-order valence-electron chi connectivity index (χ4n) is 3.30. The number of morpholine rings is 1. The van der Waals surface area contributed by atoms with Gasteiger partial charge in [0, 0.05) is 32.2 Å². The molecule has 1 aliphatic heterocycles. The highest BCUT2D eigenvalue weighted by Crippen LogP contribution is 2.32. The lowest BCUT2D eigenvalue weighted by Crippen LogP contribution is -2.39. The number of carbonyl (C=O) groups excluding carboxylic acids is 1. The number of rotatable bonds is 7. The van der Waals surface area contributed by atoms with Crippen molar-refractivity contribution in [3.8, 4) is 5.75 Å². The van der Waals surface area contributed by atoms with E-state index in [1.807, 2.05) is 18.2 Å². The first-order valence-electron chi connectivity index (χ1n) is 9.64. The van der Waals surface area contributed by atoms with Gasteiger partial charge in [-0.2, -0.15) is 0 Å². The maximum atomic E-state index is 13.2. The molecule has 0 radical (unpaired) electrons. The summed E-state index contributed by atoms with van der Waals surface area (Å²) in [6.07, 6.45) is 0.835. The lowest BCUT2D eigenvalue weighted by atomic mass is 10.3. The van der Waals surface area contributed by atoms with E-state index in [-0.39, 0.29) is 5.91 Å². The second kappa shape index (κ2) is 8.89. The zero-order valence-electron chi connectivity index (χ0n) is 16.6. The predicted molar refractivity (Wildman–Crippen MR) is 111 cm³/mol. The molecule has 0 atom stereocenters. The number of hydrogen-bond acceptors (Lipinski definition) is 8. The Hall–Kier alpha value is -2.49. The number of carbonyl (C=O) groups is 1. The van der Waals surface area contributed by atoms with Gasteiger partial charge in [0.15, 0.2) is 10.8 Å². The molecule has 1 amide bonds. The summed E-state index contributed by atoms with van der Waals surface area (Å²) in [6, 6.07) is 7.38. The molecule has 29 heavy (non-hydrogen) atoms. The molecule has 3 aromatic rings. The summed E-state index contributed by atoms with van der Waals surface area (Å²) in [5.74, 6) is 1.18. The second-order valence-electron chi connectivity index (χ2n) is 6.92. The van der Waals surface area contributed by atoms with E-state index in [0.29, 0.717) is 23.1 Å². The topological polar surface area (TPSA) is 80.9 Å². The zero-order valence-corrected chi connectivity index (χ0v) is 17.4. The van der Waals surface area contributed by atoms with E-state index in [2.05, 4.69) is 15.0 Å². The van der Waals surface area contributed by atoms with Crippen LogP contribution in [0, 0.1) is 6.92 Å². The zero-order chi connectivity index (χ0) is 20.2. The van der Waals surface area contributed by atoms with Gasteiger partial charge >= 0.3 is 0 Å². The van der Waals surface area contributed by atoms with Crippen molar-refractivity contribution in [3.05, 3.63) is 35.7 Å². The van der Waals surface area contributed by atoms with Crippen LogP contribution in [-0.2, 0) is 4.74 Å². The van der Waals surface area contributed by atoms with E-state index < -0.39 is 0 Å². The Bertz CT molecular complexity index is 980. The molecule has 0 spiro atoms. The number of aryl methyl sites for hydroxylation is 1. The third-order valence-electron chi connectivity index (χ3n) is 4.87. The van der Waals surface area contributed by atoms with E-state index in [4.69, 9.17) is 14.0 Å². The first-order valence-corrected chi connectivity index (χ1v) is 10.5. The predicted octanol–water partition coefficient (Wildman–Crippen LogP) is 2.97. The van der Waals surface area contributed by atoms with Gasteiger partial charge in [-0.15, -0.1) is 0 Å². The van der Waals surface area contributed by atoms with Crippen LogP contribution < -0.4 is 9.64 Å². The largest absolute Gasteiger partial charge is 0.497 e. The fraction of sp³-hybridized carbons (Fsp3) is 0.450. The van der Waals surface area contributed by atoms with Gasteiger partial charge in [0.2, 0.25) is 0 Å². The van der Waals surface area contributed by atoms with Gasteiger partial charge < -0.3 is 14.0 Å². The third kappa shape index (κ3) is 4.58. The summed E-state index contributed by atoms with van der Waals surface area (Å²) < 4.78 is 16.8. The average Bonchev–Trinajstić information content (AvgIpc) is 3.37. The van der Waals surface area contributed by atoms with Crippen molar-refractivity contribution in [3.63, 3.8) is 0 Å². The minimum atomic E-state index is -0.199. The standard InChI is InChI=1S/C20H24N4O4S/c1-14-12-17(22-28-14)19(25)24(7-3-6-23-8-10-27-11-9-23)20-21-16-5-4-15(26-2)13-18(16)29-20/h4-5,12-13H,3,6-11H2,1-2H3. The number of methoxy groups -OCH3 is 1. The highest BCUT2D eigenvalue weighted by atomic mass is 32.1. The smallest absolute Gasteiger partial charge is 0.282 e. The van der Waals surface area contributed by atoms with Crippen molar-refractivity contribution in [2.75, 3.05) is 51.4 Å². The first kappa shape index (κ1) is 19.8. The number of ether oxygens (including phenoxy) is 2. The van der Waals surface area contributed by atoms with Gasteiger partial charge in [0.1, 0.15) is 11.5 Å². The molecule has 1 saturated heterocycles. The lowest BCUT2D eigenvalue weighted by Gasteiger charge is -2.27. The molecule has 0 bridgehead atoms. The van der Waals surface area contributed by atoms with E-state index in [1.165, 1.54) is 11.3 Å². The first-order chi connectivity index (χ1) is 14.1. The Kier molecular flexibility index (Phi) is 6.08. The molecule has 2 aromatic heterocycles. The third-order valence-corrected chi connectivity index (χ3v) is 5.91. The molecule has 8 nitrogen and oxygen atoms in total. The molecule has 0 saturated carbocycles. The summed E-state index contributed by atoms with van der Waals surface area (Å²) in [5, 5.41) is 4.56. The Morgan fingerprint density at radius 2 is 2.14 bits per heavy atom. The van der Waals surface area contributed by atoms with E-state index in [9.17, 15) is 4.79 Å². The summed E-state index contributed by atoms with van der Waals surface area (Å²) >= 11 is 1.47. The molecule has 9 heteroatoms. The van der Waals surface area contributed by atoms with Crippen molar-refractivity contribution in [2.45, 2.75) is 13.3 Å². The summed E-state index contributed by atoms with van der Waals surface area (Å²) in [7, 11) is 1.64. The number of aromatic nitrogens is 2. The molecule has 154 valence electrons. The number of fused-ring (bicyclic) bond motifs is 1. The van der Waals surface area contributed by atoms with Gasteiger partial charge in [0.25, 0.3) is 5.91 Å². The van der Waals surface area contributed by atoms with E-state index in [0.717, 1.165) is 55.2 Å². The highest BCUT2D eigenvalue weighted by Gasteiger charge is 2.24. The maximum absolute atomic E-state index is 13.2. The van der Waals surface area contributed by atoms with Crippen LogP contribution in [0.3, 0.4) is 0 Å². The SMILES string of the molecule is COc1ccc2nc(N(CCCN3CCOCC3)C(=O)c3cc(C)on3)sc2c1. The number of benzene rings is 1. The molecule has 1 aromatic carbocycles. The van der Waals surface area contributed by atoms with Gasteiger partial charge in [-0.3, -0.25) is 14.6 Å². The Labute approximate surface area is 173 Å². The summed E-state index contributed by atoms with van der Waals surface area (Å²) in [6.45, 7) is 6.62. The van der Waals surface area contributed by atoms with E-state index >= 15 is 0 Å². The Balaban J connectivity index is 1.56. The fourth-order valence-corrected chi connectivity index (χ4v) is 4.32. The molecule has 1 aliphatic rings. The molecule has 0 unspecified atom stereocenters. The lowest BCUT2D eigenvalue weighted by molar-refractivity contribution is 0.0376. The number of amides is 1. The molecule has 0 N–H and O–H groups in total. The molecular formula is C20H24N4O4S. The highest BCUT2D eigenvalue weighted by molar-refractivity contribution is 7.22. The molecule has 1 fully saturated rings. The monoisotopic (exact) mass is 416 g/mol. The van der Waals surface area contributed by atoms with Gasteiger partial charge in [-0.05, 0) is 31.5 Å². The molecule has 3 heterocycles. The van der Waals surface area contributed by atoms with Crippen LogP contribution in [0.25, 0.3) is 10.2 Å². The molecule has 4 rings (SSSR count).